The average molecular weight is 457 g/mol. The van der Waals surface area contributed by atoms with Crippen LogP contribution in [0.1, 0.15) is 25.7 Å². The average Bonchev–Trinajstić information content (AvgIpc) is 3.00. The van der Waals surface area contributed by atoms with E-state index in [0.29, 0.717) is 34.6 Å². The number of hydrogen-bond donors (Lipinski definition) is 1. The lowest BCUT2D eigenvalue weighted by atomic mass is 10.2. The van der Waals surface area contributed by atoms with Crippen LogP contribution in [0.4, 0.5) is 5.69 Å². The van der Waals surface area contributed by atoms with Crippen molar-refractivity contribution < 1.29 is 17.9 Å². The quantitative estimate of drug-likeness (QED) is 0.689. The van der Waals surface area contributed by atoms with Crippen LogP contribution in [0.5, 0.6) is 5.75 Å². The molecule has 0 saturated carbocycles. The van der Waals surface area contributed by atoms with E-state index in [2.05, 4.69) is 5.32 Å². The molecule has 6 nitrogen and oxygen atoms in total. The third-order valence-corrected chi connectivity index (χ3v) is 7.25. The van der Waals surface area contributed by atoms with E-state index >= 15 is 0 Å². The predicted molar refractivity (Wildman–Crippen MR) is 114 cm³/mol. The lowest BCUT2D eigenvalue weighted by Gasteiger charge is -2.20. The molecule has 0 atom stereocenters. The predicted octanol–water partition coefficient (Wildman–Crippen LogP) is 4.58. The maximum absolute atomic E-state index is 12.8. The van der Waals surface area contributed by atoms with Gasteiger partial charge in [0.1, 0.15) is 5.75 Å². The van der Waals surface area contributed by atoms with Gasteiger partial charge in [-0.05, 0) is 55.3 Å². The highest BCUT2D eigenvalue weighted by Gasteiger charge is 2.25. The van der Waals surface area contributed by atoms with Gasteiger partial charge in [0.25, 0.3) is 5.91 Å². The summed E-state index contributed by atoms with van der Waals surface area (Å²) in [5, 5.41) is 3.39. The van der Waals surface area contributed by atoms with E-state index in [9.17, 15) is 13.2 Å². The van der Waals surface area contributed by atoms with Crippen LogP contribution in [0, 0.1) is 0 Å². The van der Waals surface area contributed by atoms with Crippen LogP contribution >= 0.6 is 23.2 Å². The first-order valence-corrected chi connectivity index (χ1v) is 11.5. The summed E-state index contributed by atoms with van der Waals surface area (Å²) in [7, 11) is -3.51. The van der Waals surface area contributed by atoms with Gasteiger partial charge in [0.15, 0.2) is 6.61 Å². The van der Waals surface area contributed by atoms with E-state index in [1.807, 2.05) is 0 Å². The number of rotatable bonds is 6. The fourth-order valence-electron chi connectivity index (χ4n) is 3.06. The molecule has 1 N–H and O–H groups in total. The number of anilines is 1. The highest BCUT2D eigenvalue weighted by molar-refractivity contribution is 7.89. The Balaban J connectivity index is 1.57. The summed E-state index contributed by atoms with van der Waals surface area (Å²) in [6.07, 6.45) is 3.88. The first kappa shape index (κ1) is 21.9. The zero-order valence-corrected chi connectivity index (χ0v) is 18.1. The molecule has 1 fully saturated rings. The molecule has 0 unspecified atom stereocenters. The van der Waals surface area contributed by atoms with E-state index in [1.54, 1.807) is 34.6 Å². The van der Waals surface area contributed by atoms with Crippen molar-refractivity contribution in [2.75, 3.05) is 25.0 Å². The number of sulfonamides is 1. The minimum atomic E-state index is -3.51. The Morgan fingerprint density at radius 1 is 0.966 bits per heavy atom. The molecule has 0 aliphatic carbocycles. The van der Waals surface area contributed by atoms with Crippen molar-refractivity contribution in [3.05, 3.63) is 52.5 Å². The standard InChI is InChI=1S/C20H22Cl2N2O4S/c21-18-10-5-15(13-19(18)22)23-20(25)14-28-16-6-8-17(9-7-16)29(26,27)24-11-3-1-2-4-12-24/h5-10,13H,1-4,11-12,14H2,(H,23,25). The Morgan fingerprint density at radius 2 is 1.62 bits per heavy atom. The van der Waals surface area contributed by atoms with Crippen LogP contribution in [-0.4, -0.2) is 38.3 Å². The molecule has 1 amide bonds. The van der Waals surface area contributed by atoms with Crippen LogP contribution < -0.4 is 10.1 Å². The number of ether oxygens (including phenoxy) is 1. The Bertz CT molecular complexity index is 957. The Morgan fingerprint density at radius 3 is 2.24 bits per heavy atom. The second-order valence-electron chi connectivity index (χ2n) is 6.76. The maximum atomic E-state index is 12.8. The third-order valence-electron chi connectivity index (χ3n) is 4.60. The molecule has 0 radical (unpaired) electrons. The summed E-state index contributed by atoms with van der Waals surface area (Å²) in [5.74, 6) is 0.0359. The van der Waals surface area contributed by atoms with Gasteiger partial charge in [-0.25, -0.2) is 8.42 Å². The largest absolute Gasteiger partial charge is 0.484 e. The van der Waals surface area contributed by atoms with E-state index in [1.165, 1.54) is 12.1 Å². The van der Waals surface area contributed by atoms with Gasteiger partial charge in [-0.1, -0.05) is 36.0 Å². The van der Waals surface area contributed by atoms with E-state index in [0.717, 1.165) is 25.7 Å². The van der Waals surface area contributed by atoms with Gasteiger partial charge < -0.3 is 10.1 Å². The lowest BCUT2D eigenvalue weighted by molar-refractivity contribution is -0.118. The molecule has 1 aliphatic rings. The summed E-state index contributed by atoms with van der Waals surface area (Å²) in [4.78, 5) is 12.3. The molecule has 1 heterocycles. The highest BCUT2D eigenvalue weighted by atomic mass is 35.5. The topological polar surface area (TPSA) is 75.7 Å². The number of amides is 1. The van der Waals surface area contributed by atoms with E-state index < -0.39 is 10.0 Å². The van der Waals surface area contributed by atoms with E-state index in [-0.39, 0.29) is 17.4 Å². The second-order valence-corrected chi connectivity index (χ2v) is 9.51. The van der Waals surface area contributed by atoms with Crippen molar-refractivity contribution >= 4 is 44.8 Å². The Kier molecular flexibility index (Phi) is 7.40. The number of hydrogen-bond acceptors (Lipinski definition) is 4. The number of nitrogens with zero attached hydrogens (tertiary/aromatic N) is 1. The van der Waals surface area contributed by atoms with E-state index in [4.69, 9.17) is 27.9 Å². The van der Waals surface area contributed by atoms with Crippen LogP contribution in [-0.2, 0) is 14.8 Å². The van der Waals surface area contributed by atoms with Crippen LogP contribution in [0.2, 0.25) is 10.0 Å². The van der Waals surface area contributed by atoms with Gasteiger partial charge in [-0.15, -0.1) is 0 Å². The molecular formula is C20H22Cl2N2O4S. The summed E-state index contributed by atoms with van der Waals surface area (Å²) >= 11 is 11.8. The fraction of sp³-hybridized carbons (Fsp3) is 0.350. The summed E-state index contributed by atoms with van der Waals surface area (Å²) in [6, 6.07) is 10.9. The van der Waals surface area contributed by atoms with Gasteiger partial charge in [-0.3, -0.25) is 4.79 Å². The molecule has 0 aromatic heterocycles. The molecule has 0 spiro atoms. The summed E-state index contributed by atoms with van der Waals surface area (Å²) in [6.45, 7) is 0.878. The Labute approximate surface area is 180 Å². The van der Waals surface area contributed by atoms with Crippen LogP contribution in [0.15, 0.2) is 47.4 Å². The van der Waals surface area contributed by atoms with Gasteiger partial charge in [0.05, 0.1) is 14.9 Å². The van der Waals surface area contributed by atoms with Gasteiger partial charge >= 0.3 is 0 Å². The van der Waals surface area contributed by atoms with Gasteiger partial charge in [0, 0.05) is 18.8 Å². The zero-order chi connectivity index (χ0) is 20.9. The minimum Gasteiger partial charge on any atom is -0.484 e. The summed E-state index contributed by atoms with van der Waals surface area (Å²) < 4.78 is 32.5. The number of nitrogens with one attached hydrogen (secondary N) is 1. The molecule has 1 aliphatic heterocycles. The van der Waals surface area contributed by atoms with Crippen molar-refractivity contribution in [3.63, 3.8) is 0 Å². The van der Waals surface area contributed by atoms with Gasteiger partial charge in [-0.2, -0.15) is 4.31 Å². The first-order chi connectivity index (χ1) is 13.9. The van der Waals surface area contributed by atoms with Gasteiger partial charge in [0.2, 0.25) is 10.0 Å². The molecule has 9 heteroatoms. The monoisotopic (exact) mass is 456 g/mol. The molecule has 3 rings (SSSR count). The van der Waals surface area contributed by atoms with Crippen molar-refractivity contribution in [3.8, 4) is 5.75 Å². The minimum absolute atomic E-state index is 0.224. The Hall–Kier alpha value is -1.80. The second kappa shape index (κ2) is 9.80. The molecule has 1 saturated heterocycles. The lowest BCUT2D eigenvalue weighted by Crippen LogP contribution is -2.31. The van der Waals surface area contributed by atoms with Crippen molar-refractivity contribution in [2.24, 2.45) is 0 Å². The fourth-order valence-corrected chi connectivity index (χ4v) is 4.87. The zero-order valence-electron chi connectivity index (χ0n) is 15.7. The first-order valence-electron chi connectivity index (χ1n) is 9.34. The summed E-state index contributed by atoms with van der Waals surface area (Å²) in [5.41, 5.74) is 0.506. The van der Waals surface area contributed by atoms with Crippen molar-refractivity contribution in [2.45, 2.75) is 30.6 Å². The molecule has 0 bridgehead atoms. The SMILES string of the molecule is O=C(COc1ccc(S(=O)(=O)N2CCCCCC2)cc1)Nc1ccc(Cl)c(Cl)c1. The number of benzene rings is 2. The molecular weight excluding hydrogens is 435 g/mol. The third kappa shape index (κ3) is 5.85. The normalized spacial score (nSPS) is 15.5. The number of carbonyl (C=O) groups is 1. The molecule has 2 aromatic rings. The smallest absolute Gasteiger partial charge is 0.262 e. The van der Waals surface area contributed by atoms with Crippen LogP contribution in [0.3, 0.4) is 0 Å². The highest BCUT2D eigenvalue weighted by Crippen LogP contribution is 2.25. The number of halogens is 2. The maximum Gasteiger partial charge on any atom is 0.262 e. The van der Waals surface area contributed by atoms with Crippen molar-refractivity contribution in [1.82, 2.24) is 4.31 Å². The molecule has 29 heavy (non-hydrogen) atoms. The molecule has 156 valence electrons. The van der Waals surface area contributed by atoms with Crippen LogP contribution in [0.25, 0.3) is 0 Å². The number of carbonyl (C=O) groups excluding carboxylic acids is 1. The molecule has 2 aromatic carbocycles. The van der Waals surface area contributed by atoms with Crippen molar-refractivity contribution in [1.29, 1.82) is 0 Å².